The SMILES string of the molecule is CC(C(=O)NCc1ccncc1)N(Cc1ccc(Cl)cc1)C(=O)COc1ccc(S(=O)(=O)Nc2ccc(F)cc2)cc1. The topological polar surface area (TPSA) is 118 Å². The molecule has 12 heteroatoms. The molecule has 1 heterocycles. The zero-order valence-corrected chi connectivity index (χ0v) is 24.1. The third kappa shape index (κ3) is 8.51. The summed E-state index contributed by atoms with van der Waals surface area (Å²) in [6.07, 6.45) is 3.26. The summed E-state index contributed by atoms with van der Waals surface area (Å²) >= 11 is 6.00. The Morgan fingerprint density at radius 3 is 2.21 bits per heavy atom. The Labute approximate surface area is 248 Å². The fraction of sp³-hybridized carbons (Fsp3) is 0.167. The Morgan fingerprint density at radius 2 is 1.57 bits per heavy atom. The zero-order valence-electron chi connectivity index (χ0n) is 22.5. The molecule has 1 unspecified atom stereocenters. The van der Waals surface area contributed by atoms with Crippen LogP contribution in [0.4, 0.5) is 10.1 Å². The maximum absolute atomic E-state index is 13.3. The average molecular weight is 611 g/mol. The Morgan fingerprint density at radius 1 is 0.929 bits per heavy atom. The number of ether oxygens (including phenoxy) is 1. The molecule has 2 amide bonds. The van der Waals surface area contributed by atoms with Gasteiger partial charge in [0.2, 0.25) is 5.91 Å². The highest BCUT2D eigenvalue weighted by Gasteiger charge is 2.26. The lowest BCUT2D eigenvalue weighted by Gasteiger charge is -2.28. The second-order valence-corrected chi connectivity index (χ2v) is 11.4. The number of carbonyl (C=O) groups excluding carboxylic acids is 2. The molecule has 0 aliphatic carbocycles. The van der Waals surface area contributed by atoms with Gasteiger partial charge < -0.3 is 15.0 Å². The standard InChI is InChI=1S/C30H28ClFN4O5S/c1-21(30(38)34-18-22-14-16-33-17-15-22)36(19-23-2-4-24(31)5-3-23)29(37)20-41-27-10-12-28(13-11-27)42(39,40)35-26-8-6-25(32)7-9-26/h2-17,21,35H,18-20H2,1H3,(H,34,38). The molecule has 0 fully saturated rings. The van der Waals surface area contributed by atoms with Gasteiger partial charge in [0.25, 0.3) is 15.9 Å². The molecule has 218 valence electrons. The number of nitrogens with one attached hydrogen (secondary N) is 2. The molecule has 3 aromatic carbocycles. The monoisotopic (exact) mass is 610 g/mol. The van der Waals surface area contributed by atoms with E-state index in [4.69, 9.17) is 16.3 Å². The second-order valence-electron chi connectivity index (χ2n) is 9.27. The molecule has 9 nitrogen and oxygen atoms in total. The van der Waals surface area contributed by atoms with E-state index in [0.29, 0.717) is 5.02 Å². The number of anilines is 1. The number of nitrogens with zero attached hydrogens (tertiary/aromatic N) is 2. The normalized spacial score (nSPS) is 11.8. The van der Waals surface area contributed by atoms with Crippen LogP contribution in [0.25, 0.3) is 0 Å². The summed E-state index contributed by atoms with van der Waals surface area (Å²) in [6.45, 7) is 1.64. The Balaban J connectivity index is 1.41. The minimum absolute atomic E-state index is 0.0469. The van der Waals surface area contributed by atoms with Crippen LogP contribution < -0.4 is 14.8 Å². The van der Waals surface area contributed by atoms with Crippen molar-refractivity contribution in [3.05, 3.63) is 119 Å². The van der Waals surface area contributed by atoms with Gasteiger partial charge in [0.05, 0.1) is 4.90 Å². The van der Waals surface area contributed by atoms with Gasteiger partial charge in [-0.05, 0) is 90.8 Å². The highest BCUT2D eigenvalue weighted by molar-refractivity contribution is 7.92. The first kappa shape index (κ1) is 30.5. The van der Waals surface area contributed by atoms with Gasteiger partial charge in [-0.25, -0.2) is 12.8 Å². The van der Waals surface area contributed by atoms with Gasteiger partial charge in [-0.1, -0.05) is 23.7 Å². The molecule has 1 atom stereocenters. The Kier molecular flexibility index (Phi) is 10.1. The van der Waals surface area contributed by atoms with Crippen LogP contribution in [0.5, 0.6) is 5.75 Å². The van der Waals surface area contributed by atoms with Crippen LogP contribution in [0.3, 0.4) is 0 Å². The predicted molar refractivity (Wildman–Crippen MR) is 157 cm³/mol. The van der Waals surface area contributed by atoms with Crippen molar-refractivity contribution in [1.29, 1.82) is 0 Å². The number of amides is 2. The average Bonchev–Trinajstić information content (AvgIpc) is 3.00. The molecule has 4 aromatic rings. The lowest BCUT2D eigenvalue weighted by Crippen LogP contribution is -2.48. The molecule has 0 aliphatic rings. The number of aromatic nitrogens is 1. The fourth-order valence-corrected chi connectivity index (χ4v) is 5.07. The molecule has 4 rings (SSSR count). The van der Waals surface area contributed by atoms with Crippen LogP contribution >= 0.6 is 11.6 Å². The number of sulfonamides is 1. The summed E-state index contributed by atoms with van der Waals surface area (Å²) in [6, 6.07) is 20.1. The van der Waals surface area contributed by atoms with Gasteiger partial charge in [-0.15, -0.1) is 0 Å². The van der Waals surface area contributed by atoms with Crippen molar-refractivity contribution in [3.63, 3.8) is 0 Å². The van der Waals surface area contributed by atoms with E-state index in [1.165, 1.54) is 41.3 Å². The fourth-order valence-electron chi connectivity index (χ4n) is 3.88. The van der Waals surface area contributed by atoms with Crippen LogP contribution in [0.15, 0.2) is 102 Å². The van der Waals surface area contributed by atoms with Crippen LogP contribution in [0, 0.1) is 5.82 Å². The molecule has 2 N–H and O–H groups in total. The van der Waals surface area contributed by atoms with Crippen LogP contribution in [-0.2, 0) is 32.7 Å². The largest absolute Gasteiger partial charge is 0.484 e. The van der Waals surface area contributed by atoms with Gasteiger partial charge in [0.15, 0.2) is 6.61 Å². The van der Waals surface area contributed by atoms with Crippen molar-refractivity contribution in [2.45, 2.75) is 31.0 Å². The van der Waals surface area contributed by atoms with E-state index < -0.39 is 34.4 Å². The highest BCUT2D eigenvalue weighted by Crippen LogP contribution is 2.20. The van der Waals surface area contributed by atoms with Crippen LogP contribution in [-0.4, -0.2) is 42.8 Å². The van der Waals surface area contributed by atoms with Gasteiger partial charge in [-0.3, -0.25) is 19.3 Å². The van der Waals surface area contributed by atoms with Gasteiger partial charge in [0.1, 0.15) is 17.6 Å². The summed E-state index contributed by atoms with van der Waals surface area (Å²) in [5.41, 5.74) is 1.84. The predicted octanol–water partition coefficient (Wildman–Crippen LogP) is 4.79. The number of halogens is 2. The first-order valence-electron chi connectivity index (χ1n) is 12.8. The van der Waals surface area contributed by atoms with Gasteiger partial charge in [0, 0.05) is 36.2 Å². The summed E-state index contributed by atoms with van der Waals surface area (Å²) in [5.74, 6) is -1.03. The van der Waals surface area contributed by atoms with Crippen molar-refractivity contribution < 1.29 is 27.1 Å². The molecule has 42 heavy (non-hydrogen) atoms. The van der Waals surface area contributed by atoms with Crippen molar-refractivity contribution in [3.8, 4) is 5.75 Å². The maximum Gasteiger partial charge on any atom is 0.261 e. The van der Waals surface area contributed by atoms with E-state index in [2.05, 4.69) is 15.0 Å². The molecular formula is C30H28ClFN4O5S. The number of pyridine rings is 1. The van der Waals surface area contributed by atoms with E-state index in [1.54, 1.807) is 55.7 Å². The smallest absolute Gasteiger partial charge is 0.261 e. The lowest BCUT2D eigenvalue weighted by atomic mass is 10.1. The quantitative estimate of drug-likeness (QED) is 0.238. The van der Waals surface area contributed by atoms with Crippen molar-refractivity contribution in [2.24, 2.45) is 0 Å². The summed E-state index contributed by atoms with van der Waals surface area (Å²) in [4.78, 5) is 31.6. The van der Waals surface area contributed by atoms with Crippen LogP contribution in [0.2, 0.25) is 5.02 Å². The van der Waals surface area contributed by atoms with Crippen molar-refractivity contribution >= 4 is 39.1 Å². The Hall–Kier alpha value is -4.48. The third-order valence-electron chi connectivity index (χ3n) is 6.24. The zero-order chi connectivity index (χ0) is 30.1. The van der Waals surface area contributed by atoms with E-state index in [0.717, 1.165) is 23.3 Å². The Bertz CT molecular complexity index is 1600. The number of benzene rings is 3. The first-order valence-corrected chi connectivity index (χ1v) is 14.7. The molecular weight excluding hydrogens is 583 g/mol. The molecule has 1 aromatic heterocycles. The van der Waals surface area contributed by atoms with E-state index in [1.807, 2.05) is 0 Å². The first-order chi connectivity index (χ1) is 20.1. The second kappa shape index (κ2) is 13.9. The van der Waals surface area contributed by atoms with Crippen molar-refractivity contribution in [1.82, 2.24) is 15.2 Å². The molecule has 0 spiro atoms. The minimum Gasteiger partial charge on any atom is -0.484 e. The van der Waals surface area contributed by atoms with Gasteiger partial charge in [-0.2, -0.15) is 0 Å². The molecule has 0 aliphatic heterocycles. The molecule has 0 saturated carbocycles. The minimum atomic E-state index is -3.93. The molecule has 0 saturated heterocycles. The summed E-state index contributed by atoms with van der Waals surface area (Å²) in [7, 11) is -3.93. The number of hydrogen-bond acceptors (Lipinski definition) is 6. The van der Waals surface area contributed by atoms with Crippen LogP contribution in [0.1, 0.15) is 18.1 Å². The number of hydrogen-bond donors (Lipinski definition) is 2. The van der Waals surface area contributed by atoms with Crippen molar-refractivity contribution in [2.75, 3.05) is 11.3 Å². The van der Waals surface area contributed by atoms with E-state index in [9.17, 15) is 22.4 Å². The molecule has 0 bridgehead atoms. The summed E-state index contributed by atoms with van der Waals surface area (Å²) < 4.78 is 46.5. The highest BCUT2D eigenvalue weighted by atomic mass is 35.5. The third-order valence-corrected chi connectivity index (χ3v) is 7.89. The van der Waals surface area contributed by atoms with Gasteiger partial charge >= 0.3 is 0 Å². The van der Waals surface area contributed by atoms with E-state index in [-0.39, 0.29) is 35.3 Å². The maximum atomic E-state index is 13.3. The number of rotatable bonds is 12. The summed E-state index contributed by atoms with van der Waals surface area (Å²) in [5, 5.41) is 3.38. The lowest BCUT2D eigenvalue weighted by molar-refractivity contribution is -0.142. The van der Waals surface area contributed by atoms with E-state index >= 15 is 0 Å². The molecule has 0 radical (unpaired) electrons. The number of carbonyl (C=O) groups is 2.